The zero-order valence-corrected chi connectivity index (χ0v) is 14.5. The van der Waals surface area contributed by atoms with Crippen LogP contribution in [0.4, 0.5) is 0 Å². The van der Waals surface area contributed by atoms with Gasteiger partial charge >= 0.3 is 0 Å². The molecule has 0 radical (unpaired) electrons. The molecule has 124 valence electrons. The Morgan fingerprint density at radius 2 is 2.00 bits per heavy atom. The number of halogens is 1. The number of nitrogens with zero attached hydrogens (tertiary/aromatic N) is 1. The van der Waals surface area contributed by atoms with E-state index in [1.54, 1.807) is 0 Å². The molecule has 1 heterocycles. The van der Waals surface area contributed by atoms with Gasteiger partial charge in [0, 0.05) is 19.1 Å². The summed E-state index contributed by atoms with van der Waals surface area (Å²) in [7, 11) is 0. The summed E-state index contributed by atoms with van der Waals surface area (Å²) in [5.74, 6) is 0.781. The van der Waals surface area contributed by atoms with Crippen LogP contribution in [0.3, 0.4) is 0 Å². The van der Waals surface area contributed by atoms with Crippen LogP contribution in [0.25, 0.3) is 0 Å². The molecule has 1 atom stereocenters. The number of likely N-dealkylation sites (tertiary alicyclic amines) is 1. The quantitative estimate of drug-likeness (QED) is 0.925. The molecule has 1 aliphatic heterocycles. The lowest BCUT2D eigenvalue weighted by molar-refractivity contribution is -0.136. The minimum Gasteiger partial charge on any atom is -0.484 e. The Bertz CT molecular complexity index is 488. The maximum absolute atomic E-state index is 12.2. The predicted octanol–water partition coefficient (Wildman–Crippen LogP) is 2.64. The fourth-order valence-corrected chi connectivity index (χ4v) is 2.64. The van der Waals surface area contributed by atoms with Crippen molar-refractivity contribution in [3.63, 3.8) is 0 Å². The lowest BCUT2D eigenvalue weighted by atomic mass is 9.80. The summed E-state index contributed by atoms with van der Waals surface area (Å²) in [4.78, 5) is 14.1. The Labute approximate surface area is 139 Å². The van der Waals surface area contributed by atoms with E-state index in [2.05, 4.69) is 20.8 Å². The topological polar surface area (TPSA) is 55.6 Å². The van der Waals surface area contributed by atoms with Crippen molar-refractivity contribution in [2.24, 2.45) is 11.1 Å². The Kier molecular flexibility index (Phi) is 6.69. The predicted molar refractivity (Wildman–Crippen MR) is 91.5 cm³/mol. The van der Waals surface area contributed by atoms with E-state index in [0.29, 0.717) is 6.54 Å². The van der Waals surface area contributed by atoms with E-state index in [1.165, 1.54) is 5.56 Å². The average molecular weight is 327 g/mol. The number of aryl methyl sites for hydroxylation is 1. The van der Waals surface area contributed by atoms with Crippen LogP contribution < -0.4 is 10.5 Å². The van der Waals surface area contributed by atoms with Gasteiger partial charge in [-0.05, 0) is 36.0 Å². The summed E-state index contributed by atoms with van der Waals surface area (Å²) in [5, 5.41) is 0. The van der Waals surface area contributed by atoms with Gasteiger partial charge in [-0.2, -0.15) is 0 Å². The summed E-state index contributed by atoms with van der Waals surface area (Å²) < 4.78 is 5.59. The van der Waals surface area contributed by atoms with Crippen LogP contribution >= 0.6 is 12.4 Å². The van der Waals surface area contributed by atoms with E-state index in [9.17, 15) is 4.79 Å². The van der Waals surface area contributed by atoms with Crippen LogP contribution in [0, 0.1) is 5.41 Å². The minimum absolute atomic E-state index is 0. The van der Waals surface area contributed by atoms with Crippen molar-refractivity contribution in [1.82, 2.24) is 4.90 Å². The van der Waals surface area contributed by atoms with Crippen molar-refractivity contribution in [3.8, 4) is 5.75 Å². The zero-order chi connectivity index (χ0) is 15.5. The van der Waals surface area contributed by atoms with Crippen LogP contribution in [-0.2, 0) is 11.2 Å². The van der Waals surface area contributed by atoms with E-state index in [1.807, 2.05) is 29.2 Å². The highest BCUT2D eigenvalue weighted by Gasteiger charge is 2.35. The van der Waals surface area contributed by atoms with Crippen LogP contribution in [0.1, 0.15) is 32.8 Å². The Hall–Kier alpha value is -1.26. The molecule has 1 unspecified atom stereocenters. The number of carbonyl (C=O) groups is 1. The standard InChI is InChI=1S/C17H26N2O2.ClH/c1-4-13-5-7-14(8-6-13)21-11-16(20)19-10-9-15(18)17(2,3)12-19;/h5-8,15H,4,9-12,18H2,1-3H3;1H. The fourth-order valence-electron chi connectivity index (χ4n) is 2.64. The average Bonchev–Trinajstić information content (AvgIpc) is 2.48. The largest absolute Gasteiger partial charge is 0.484 e. The molecule has 0 aliphatic carbocycles. The summed E-state index contributed by atoms with van der Waals surface area (Å²) in [6.45, 7) is 7.86. The Balaban J connectivity index is 0.00000242. The van der Waals surface area contributed by atoms with E-state index < -0.39 is 0 Å². The molecule has 4 nitrogen and oxygen atoms in total. The summed E-state index contributed by atoms with van der Waals surface area (Å²) in [6, 6.07) is 8.06. The van der Waals surface area contributed by atoms with Gasteiger partial charge in [0.1, 0.15) is 5.75 Å². The third-order valence-electron chi connectivity index (χ3n) is 4.36. The second-order valence-electron chi connectivity index (χ2n) is 6.49. The number of rotatable bonds is 4. The molecule has 1 saturated heterocycles. The fraction of sp³-hybridized carbons (Fsp3) is 0.588. The molecule has 0 spiro atoms. The van der Waals surface area contributed by atoms with Gasteiger partial charge in [0.15, 0.2) is 6.61 Å². The first-order valence-electron chi connectivity index (χ1n) is 7.67. The van der Waals surface area contributed by atoms with Crippen molar-refractivity contribution >= 4 is 18.3 Å². The molecule has 1 amide bonds. The van der Waals surface area contributed by atoms with Crippen molar-refractivity contribution in [2.75, 3.05) is 19.7 Å². The van der Waals surface area contributed by atoms with Crippen molar-refractivity contribution in [2.45, 2.75) is 39.7 Å². The third-order valence-corrected chi connectivity index (χ3v) is 4.36. The van der Waals surface area contributed by atoms with E-state index in [-0.39, 0.29) is 36.4 Å². The molecule has 22 heavy (non-hydrogen) atoms. The molecule has 5 heteroatoms. The van der Waals surface area contributed by atoms with Crippen LogP contribution in [0.15, 0.2) is 24.3 Å². The number of carbonyl (C=O) groups excluding carboxylic acids is 1. The monoisotopic (exact) mass is 326 g/mol. The first kappa shape index (κ1) is 18.8. The third kappa shape index (κ3) is 4.62. The number of nitrogens with two attached hydrogens (primary N) is 1. The van der Waals surface area contributed by atoms with Crippen molar-refractivity contribution in [1.29, 1.82) is 0 Å². The number of hydrogen-bond donors (Lipinski definition) is 1. The maximum Gasteiger partial charge on any atom is 0.260 e. The van der Waals surface area contributed by atoms with Crippen molar-refractivity contribution in [3.05, 3.63) is 29.8 Å². The SMILES string of the molecule is CCc1ccc(OCC(=O)N2CCC(N)C(C)(C)C2)cc1.Cl. The lowest BCUT2D eigenvalue weighted by Gasteiger charge is -2.42. The van der Waals surface area contributed by atoms with Gasteiger partial charge in [-0.25, -0.2) is 0 Å². The minimum atomic E-state index is -0.0311. The highest BCUT2D eigenvalue weighted by molar-refractivity contribution is 5.85. The maximum atomic E-state index is 12.2. The van der Waals surface area contributed by atoms with Gasteiger partial charge in [0.05, 0.1) is 0 Å². The van der Waals surface area contributed by atoms with Gasteiger partial charge < -0.3 is 15.4 Å². The summed E-state index contributed by atoms with van der Waals surface area (Å²) in [6.07, 6.45) is 1.85. The second-order valence-corrected chi connectivity index (χ2v) is 6.49. The van der Waals surface area contributed by atoms with E-state index in [0.717, 1.165) is 25.1 Å². The zero-order valence-electron chi connectivity index (χ0n) is 13.7. The lowest BCUT2D eigenvalue weighted by Crippen LogP contribution is -2.54. The highest BCUT2D eigenvalue weighted by atomic mass is 35.5. The summed E-state index contributed by atoms with van der Waals surface area (Å²) in [5.41, 5.74) is 7.33. The molecule has 1 aliphatic rings. The second kappa shape index (κ2) is 7.84. The molecule has 1 aromatic rings. The van der Waals surface area contributed by atoms with E-state index in [4.69, 9.17) is 10.5 Å². The molecule has 0 aromatic heterocycles. The Morgan fingerprint density at radius 1 is 1.36 bits per heavy atom. The molecular formula is C17H27ClN2O2. The number of amides is 1. The smallest absolute Gasteiger partial charge is 0.260 e. The van der Waals surface area contributed by atoms with Gasteiger partial charge in [0.25, 0.3) is 5.91 Å². The molecule has 0 saturated carbocycles. The molecule has 2 N–H and O–H groups in total. The molecule has 2 rings (SSSR count). The van der Waals surface area contributed by atoms with E-state index >= 15 is 0 Å². The van der Waals surface area contributed by atoms with Crippen LogP contribution in [-0.4, -0.2) is 36.5 Å². The van der Waals surface area contributed by atoms with Crippen LogP contribution in [0.5, 0.6) is 5.75 Å². The Morgan fingerprint density at radius 3 is 2.55 bits per heavy atom. The molecular weight excluding hydrogens is 300 g/mol. The number of hydrogen-bond acceptors (Lipinski definition) is 3. The number of piperidine rings is 1. The first-order chi connectivity index (χ1) is 9.92. The van der Waals surface area contributed by atoms with Gasteiger partial charge in [-0.1, -0.05) is 32.9 Å². The first-order valence-corrected chi connectivity index (χ1v) is 7.67. The normalized spacial score (nSPS) is 20.2. The van der Waals surface area contributed by atoms with Crippen LogP contribution in [0.2, 0.25) is 0 Å². The highest BCUT2D eigenvalue weighted by Crippen LogP contribution is 2.27. The number of benzene rings is 1. The van der Waals surface area contributed by atoms with Gasteiger partial charge in [-0.3, -0.25) is 4.79 Å². The molecule has 1 aromatic carbocycles. The summed E-state index contributed by atoms with van der Waals surface area (Å²) >= 11 is 0. The molecule has 1 fully saturated rings. The van der Waals surface area contributed by atoms with Crippen molar-refractivity contribution < 1.29 is 9.53 Å². The van der Waals surface area contributed by atoms with Gasteiger partial charge in [-0.15, -0.1) is 12.4 Å². The van der Waals surface area contributed by atoms with Gasteiger partial charge in [0.2, 0.25) is 0 Å². The number of ether oxygens (including phenoxy) is 1. The molecule has 0 bridgehead atoms.